The van der Waals surface area contributed by atoms with Crippen LogP contribution in [0.3, 0.4) is 0 Å². The molecule has 0 aliphatic carbocycles. The van der Waals surface area contributed by atoms with Gasteiger partial charge in [0.25, 0.3) is 0 Å². The molecule has 0 bridgehead atoms. The topological polar surface area (TPSA) is 95.2 Å². The van der Waals surface area contributed by atoms with Crippen LogP contribution in [0.5, 0.6) is 5.75 Å². The van der Waals surface area contributed by atoms with Gasteiger partial charge in [-0.2, -0.15) is 0 Å². The molecule has 33 heavy (non-hydrogen) atoms. The molecule has 168 valence electrons. The number of benzene rings is 2. The Morgan fingerprint density at radius 2 is 1.88 bits per heavy atom. The second-order valence-corrected chi connectivity index (χ2v) is 9.34. The van der Waals surface area contributed by atoms with Crippen LogP contribution in [-0.2, 0) is 4.79 Å². The van der Waals surface area contributed by atoms with Crippen LogP contribution in [0.15, 0.2) is 59.6 Å². The molecular weight excluding hydrogens is 461 g/mol. The molecule has 6 nitrogen and oxygen atoms in total. The highest BCUT2D eigenvalue weighted by atomic mass is 32.2. The number of nitrogens with two attached hydrogens (primary N) is 1. The SMILES string of the molecule is COc1ccc2nc(C)nc(SCC(=O)c3ccc(C(C(N)=O)c4ccc(F)cc4)s3)c2c1. The van der Waals surface area contributed by atoms with Crippen molar-refractivity contribution >= 4 is 45.7 Å². The number of ketones is 1. The van der Waals surface area contributed by atoms with E-state index in [4.69, 9.17) is 10.5 Å². The highest BCUT2D eigenvalue weighted by molar-refractivity contribution is 8.00. The number of rotatable bonds is 8. The van der Waals surface area contributed by atoms with E-state index in [-0.39, 0.29) is 11.5 Å². The lowest BCUT2D eigenvalue weighted by Crippen LogP contribution is -2.21. The molecule has 2 aromatic carbocycles. The van der Waals surface area contributed by atoms with E-state index in [2.05, 4.69) is 9.97 Å². The maximum Gasteiger partial charge on any atom is 0.230 e. The number of ether oxygens (including phenoxy) is 1. The molecule has 1 unspecified atom stereocenters. The fourth-order valence-corrected chi connectivity index (χ4v) is 5.53. The third-order valence-electron chi connectivity index (χ3n) is 4.99. The van der Waals surface area contributed by atoms with Crippen molar-refractivity contribution in [1.82, 2.24) is 9.97 Å². The van der Waals surface area contributed by atoms with E-state index in [1.165, 1.54) is 47.4 Å². The van der Waals surface area contributed by atoms with Crippen molar-refractivity contribution < 1.29 is 18.7 Å². The molecule has 2 heterocycles. The lowest BCUT2D eigenvalue weighted by molar-refractivity contribution is -0.118. The lowest BCUT2D eigenvalue weighted by atomic mass is 9.97. The molecule has 2 aromatic heterocycles. The van der Waals surface area contributed by atoms with Crippen LogP contribution in [0.2, 0.25) is 0 Å². The molecule has 0 aliphatic heterocycles. The summed E-state index contributed by atoms with van der Waals surface area (Å²) in [6, 6.07) is 14.6. The first-order valence-electron chi connectivity index (χ1n) is 9.98. The third kappa shape index (κ3) is 5.04. The minimum absolute atomic E-state index is 0.0918. The molecule has 0 spiro atoms. The van der Waals surface area contributed by atoms with Gasteiger partial charge in [0.1, 0.15) is 22.4 Å². The number of amides is 1. The number of fused-ring (bicyclic) bond motifs is 1. The number of aromatic nitrogens is 2. The van der Waals surface area contributed by atoms with E-state index in [0.717, 1.165) is 10.9 Å². The number of primary amides is 1. The Morgan fingerprint density at radius 1 is 1.12 bits per heavy atom. The molecule has 1 amide bonds. The molecule has 0 radical (unpaired) electrons. The molecule has 9 heteroatoms. The number of thiophene rings is 1. The van der Waals surface area contributed by atoms with E-state index in [1.54, 1.807) is 26.2 Å². The van der Waals surface area contributed by atoms with Crippen molar-refractivity contribution in [3.8, 4) is 5.75 Å². The summed E-state index contributed by atoms with van der Waals surface area (Å²) in [5.74, 6) is -0.328. The Labute approximate surface area is 198 Å². The fraction of sp³-hybridized carbons (Fsp3) is 0.167. The van der Waals surface area contributed by atoms with Gasteiger partial charge in [-0.25, -0.2) is 14.4 Å². The Balaban J connectivity index is 1.55. The highest BCUT2D eigenvalue weighted by Crippen LogP contribution is 2.33. The van der Waals surface area contributed by atoms with E-state index in [1.807, 2.05) is 18.2 Å². The van der Waals surface area contributed by atoms with Crippen LogP contribution in [0.4, 0.5) is 4.39 Å². The first-order valence-corrected chi connectivity index (χ1v) is 11.8. The Bertz CT molecular complexity index is 1340. The van der Waals surface area contributed by atoms with Gasteiger partial charge in [-0.1, -0.05) is 23.9 Å². The zero-order valence-corrected chi connectivity index (χ0v) is 19.5. The van der Waals surface area contributed by atoms with Crippen LogP contribution in [0, 0.1) is 12.7 Å². The maximum atomic E-state index is 13.3. The molecule has 4 aromatic rings. The van der Waals surface area contributed by atoms with Crippen molar-refractivity contribution in [2.75, 3.05) is 12.9 Å². The number of nitrogens with zero attached hydrogens (tertiary/aromatic N) is 2. The number of Topliss-reactive ketones (excluding diaryl/α,β-unsaturated/α-hetero) is 1. The number of carbonyl (C=O) groups is 2. The van der Waals surface area contributed by atoms with Crippen molar-refractivity contribution in [1.29, 1.82) is 0 Å². The van der Waals surface area contributed by atoms with E-state index in [9.17, 15) is 14.0 Å². The maximum absolute atomic E-state index is 13.3. The molecule has 2 N–H and O–H groups in total. The monoisotopic (exact) mass is 481 g/mol. The van der Waals surface area contributed by atoms with Gasteiger partial charge in [-0.3, -0.25) is 9.59 Å². The number of hydrogen-bond donors (Lipinski definition) is 1. The number of hydrogen-bond acceptors (Lipinski definition) is 7. The van der Waals surface area contributed by atoms with Crippen LogP contribution < -0.4 is 10.5 Å². The van der Waals surface area contributed by atoms with Crippen LogP contribution >= 0.6 is 23.1 Å². The van der Waals surface area contributed by atoms with Crippen molar-refractivity contribution in [2.24, 2.45) is 5.73 Å². The molecule has 0 saturated heterocycles. The van der Waals surface area contributed by atoms with Crippen molar-refractivity contribution in [2.45, 2.75) is 17.9 Å². The third-order valence-corrected chi connectivity index (χ3v) is 7.18. The van der Waals surface area contributed by atoms with E-state index >= 15 is 0 Å². The minimum atomic E-state index is -0.745. The number of halogens is 1. The molecule has 1 atom stereocenters. The smallest absolute Gasteiger partial charge is 0.230 e. The van der Waals surface area contributed by atoms with Gasteiger partial charge in [0, 0.05) is 10.3 Å². The molecule has 0 aliphatic rings. The minimum Gasteiger partial charge on any atom is -0.497 e. The van der Waals surface area contributed by atoms with Gasteiger partial charge in [0.2, 0.25) is 5.91 Å². The fourth-order valence-electron chi connectivity index (χ4n) is 3.41. The van der Waals surface area contributed by atoms with Crippen molar-refractivity contribution in [3.63, 3.8) is 0 Å². The Kier molecular flexibility index (Phi) is 6.71. The second kappa shape index (κ2) is 9.68. The number of carbonyl (C=O) groups excluding carboxylic acids is 2. The van der Waals surface area contributed by atoms with Crippen LogP contribution in [0.1, 0.15) is 31.9 Å². The summed E-state index contributed by atoms with van der Waals surface area (Å²) in [6.07, 6.45) is 0. The highest BCUT2D eigenvalue weighted by Gasteiger charge is 2.23. The summed E-state index contributed by atoms with van der Waals surface area (Å²) in [5.41, 5.74) is 6.97. The Morgan fingerprint density at radius 3 is 2.58 bits per heavy atom. The first-order chi connectivity index (χ1) is 15.9. The first kappa shape index (κ1) is 22.9. The zero-order chi connectivity index (χ0) is 23.5. The van der Waals surface area contributed by atoms with Gasteiger partial charge in [0.15, 0.2) is 5.78 Å². The van der Waals surface area contributed by atoms with Crippen LogP contribution in [0.25, 0.3) is 10.9 Å². The molecule has 0 saturated carbocycles. The summed E-state index contributed by atoms with van der Waals surface area (Å²) >= 11 is 2.54. The second-order valence-electron chi connectivity index (χ2n) is 7.26. The average Bonchev–Trinajstić information content (AvgIpc) is 3.27. The lowest BCUT2D eigenvalue weighted by Gasteiger charge is -2.11. The number of thioether (sulfide) groups is 1. The summed E-state index contributed by atoms with van der Waals surface area (Å²) in [5, 5.41) is 1.51. The normalized spacial score (nSPS) is 12.0. The van der Waals surface area contributed by atoms with Gasteiger partial charge in [-0.15, -0.1) is 11.3 Å². The van der Waals surface area contributed by atoms with Crippen molar-refractivity contribution in [3.05, 3.63) is 81.6 Å². The molecule has 0 fully saturated rings. The summed E-state index contributed by atoms with van der Waals surface area (Å²) in [6.45, 7) is 1.81. The van der Waals surface area contributed by atoms with Gasteiger partial charge < -0.3 is 10.5 Å². The number of methoxy groups -OCH3 is 1. The standard InChI is InChI=1S/C24H20FN3O3S2/c1-13-27-18-8-7-16(31-2)11-17(18)24(28-13)32-12-19(29)20-9-10-21(33-20)22(23(26)30)14-3-5-15(25)6-4-14/h3-11,22H,12H2,1-2H3,(H2,26,30). The summed E-state index contributed by atoms with van der Waals surface area (Å²) in [4.78, 5) is 35.1. The summed E-state index contributed by atoms with van der Waals surface area (Å²) in [7, 11) is 1.59. The van der Waals surface area contributed by atoms with Gasteiger partial charge in [0.05, 0.1) is 29.2 Å². The predicted molar refractivity (Wildman–Crippen MR) is 128 cm³/mol. The van der Waals surface area contributed by atoms with E-state index in [0.29, 0.717) is 31.9 Å². The zero-order valence-electron chi connectivity index (χ0n) is 17.9. The molecular formula is C24H20FN3O3S2. The number of aryl methyl sites for hydroxylation is 1. The summed E-state index contributed by atoms with van der Waals surface area (Å²) < 4.78 is 18.6. The van der Waals surface area contributed by atoms with Crippen LogP contribution in [-0.4, -0.2) is 34.5 Å². The van der Waals surface area contributed by atoms with Gasteiger partial charge in [-0.05, 0) is 55.0 Å². The quantitative estimate of drug-likeness (QED) is 0.222. The molecule has 4 rings (SSSR count). The van der Waals surface area contributed by atoms with E-state index < -0.39 is 17.6 Å². The Hall–Kier alpha value is -3.30. The van der Waals surface area contributed by atoms with Gasteiger partial charge >= 0.3 is 0 Å². The largest absolute Gasteiger partial charge is 0.497 e. The average molecular weight is 482 g/mol. The predicted octanol–water partition coefficient (Wildman–Crippen LogP) is 4.74.